The van der Waals surface area contributed by atoms with Crippen LogP contribution in [0.1, 0.15) is 6.92 Å². The first-order chi connectivity index (χ1) is 4.79. The van der Waals surface area contributed by atoms with E-state index in [0.29, 0.717) is 11.0 Å². The van der Waals surface area contributed by atoms with Gasteiger partial charge in [-0.15, -0.1) is 0 Å². The molecule has 0 atom stereocenters. The van der Waals surface area contributed by atoms with E-state index in [2.05, 4.69) is 4.98 Å². The first-order valence-corrected chi connectivity index (χ1v) is 3.79. The molecule has 4 heteroatoms. The Balaban J connectivity index is 2.35. The maximum absolute atomic E-state index is 10.4. The van der Waals surface area contributed by atoms with Gasteiger partial charge in [-0.05, 0) is 6.92 Å². The molecule has 0 aromatic carbocycles. The van der Waals surface area contributed by atoms with E-state index < -0.39 is 0 Å². The fraction of sp³-hybridized carbons (Fsp3) is 0.333. The van der Waals surface area contributed by atoms with Crippen LogP contribution < -0.4 is 0 Å². The van der Waals surface area contributed by atoms with Crippen LogP contribution >= 0.6 is 11.8 Å². The van der Waals surface area contributed by atoms with Gasteiger partial charge in [0.15, 0.2) is 0 Å². The molecule has 0 N–H and O–H groups in total. The topological polar surface area (TPSA) is 43.1 Å². The number of aromatic nitrogens is 1. The van der Waals surface area contributed by atoms with Crippen LogP contribution in [0.4, 0.5) is 0 Å². The number of oxazole rings is 1. The minimum Gasteiger partial charge on any atom is -0.440 e. The molecule has 0 saturated carbocycles. The lowest BCUT2D eigenvalue weighted by Gasteiger charge is -1.88. The van der Waals surface area contributed by atoms with Crippen molar-refractivity contribution in [1.29, 1.82) is 0 Å². The van der Waals surface area contributed by atoms with Crippen LogP contribution in [0.5, 0.6) is 0 Å². The number of hydrogen-bond acceptors (Lipinski definition) is 4. The van der Waals surface area contributed by atoms with Crippen molar-refractivity contribution in [2.45, 2.75) is 12.1 Å². The molecule has 0 aliphatic rings. The monoisotopic (exact) mass is 157 g/mol. The summed E-state index contributed by atoms with van der Waals surface area (Å²) in [6.45, 7) is 1.54. The summed E-state index contributed by atoms with van der Waals surface area (Å²) < 4.78 is 4.88. The number of ketones is 1. The maximum atomic E-state index is 10.4. The van der Waals surface area contributed by atoms with E-state index in [-0.39, 0.29) is 5.78 Å². The predicted octanol–water partition coefficient (Wildman–Crippen LogP) is 1.36. The zero-order valence-electron chi connectivity index (χ0n) is 5.53. The van der Waals surface area contributed by atoms with Gasteiger partial charge >= 0.3 is 0 Å². The van der Waals surface area contributed by atoms with Crippen LogP contribution in [0.2, 0.25) is 0 Å². The Bertz CT molecular complexity index is 208. The third-order valence-corrected chi connectivity index (χ3v) is 1.81. The number of nitrogens with zero attached hydrogens (tertiary/aromatic N) is 1. The van der Waals surface area contributed by atoms with Gasteiger partial charge in [-0.25, -0.2) is 4.98 Å². The maximum Gasteiger partial charge on any atom is 0.255 e. The van der Waals surface area contributed by atoms with E-state index in [9.17, 15) is 4.79 Å². The molecule has 1 heterocycles. The van der Waals surface area contributed by atoms with E-state index in [1.165, 1.54) is 24.9 Å². The Morgan fingerprint density at radius 2 is 2.70 bits per heavy atom. The molecule has 1 rings (SSSR count). The predicted molar refractivity (Wildman–Crippen MR) is 37.9 cm³/mol. The van der Waals surface area contributed by atoms with Crippen LogP contribution in [-0.2, 0) is 4.79 Å². The van der Waals surface area contributed by atoms with Crippen LogP contribution in [0, 0.1) is 0 Å². The van der Waals surface area contributed by atoms with Gasteiger partial charge in [0.2, 0.25) is 0 Å². The molecule has 3 nitrogen and oxygen atoms in total. The van der Waals surface area contributed by atoms with Crippen molar-refractivity contribution < 1.29 is 9.21 Å². The van der Waals surface area contributed by atoms with Crippen molar-refractivity contribution in [1.82, 2.24) is 4.98 Å². The summed E-state index contributed by atoms with van der Waals surface area (Å²) in [5.74, 6) is 0.559. The zero-order valence-corrected chi connectivity index (χ0v) is 6.35. The van der Waals surface area contributed by atoms with Crippen LogP contribution in [-0.4, -0.2) is 16.5 Å². The fourth-order valence-electron chi connectivity index (χ4n) is 0.445. The number of hydrogen-bond donors (Lipinski definition) is 0. The minimum atomic E-state index is 0.128. The second kappa shape index (κ2) is 3.41. The molecule has 0 unspecified atom stereocenters. The van der Waals surface area contributed by atoms with Gasteiger partial charge in [0.25, 0.3) is 5.22 Å². The minimum absolute atomic E-state index is 0.128. The number of rotatable bonds is 3. The summed E-state index contributed by atoms with van der Waals surface area (Å²) in [4.78, 5) is 14.3. The lowest BCUT2D eigenvalue weighted by Crippen LogP contribution is -1.92. The first kappa shape index (κ1) is 7.34. The Kier molecular flexibility index (Phi) is 2.50. The highest BCUT2D eigenvalue weighted by molar-refractivity contribution is 7.99. The molecule has 1 aromatic heterocycles. The molecule has 54 valence electrons. The summed E-state index contributed by atoms with van der Waals surface area (Å²) in [6.07, 6.45) is 3.05. The molecule has 0 amide bonds. The summed E-state index contributed by atoms with van der Waals surface area (Å²) in [6, 6.07) is 0. The second-order valence-electron chi connectivity index (χ2n) is 1.79. The van der Waals surface area contributed by atoms with Crippen LogP contribution in [0.25, 0.3) is 0 Å². The summed E-state index contributed by atoms with van der Waals surface area (Å²) in [5.41, 5.74) is 0. The van der Waals surface area contributed by atoms with Gasteiger partial charge in [0.1, 0.15) is 12.0 Å². The van der Waals surface area contributed by atoms with E-state index in [4.69, 9.17) is 4.42 Å². The number of thioether (sulfide) groups is 1. The zero-order chi connectivity index (χ0) is 7.40. The Labute approximate surface area is 62.8 Å². The van der Waals surface area contributed by atoms with Gasteiger partial charge in [0, 0.05) is 0 Å². The Morgan fingerprint density at radius 1 is 1.90 bits per heavy atom. The molecule has 1 aromatic rings. The van der Waals surface area contributed by atoms with Gasteiger partial charge < -0.3 is 4.42 Å². The molecule has 10 heavy (non-hydrogen) atoms. The SMILES string of the molecule is CC(=O)CSc1ncco1. The van der Waals surface area contributed by atoms with Gasteiger partial charge in [-0.3, -0.25) is 4.79 Å². The quantitative estimate of drug-likeness (QED) is 0.621. The van der Waals surface area contributed by atoms with Crippen molar-refractivity contribution in [3.05, 3.63) is 12.5 Å². The van der Waals surface area contributed by atoms with Crippen molar-refractivity contribution in [2.75, 3.05) is 5.75 Å². The van der Waals surface area contributed by atoms with E-state index in [0.717, 1.165) is 0 Å². The standard InChI is InChI=1S/C6H7NO2S/c1-5(8)4-10-6-7-2-3-9-6/h2-3H,4H2,1H3. The smallest absolute Gasteiger partial charge is 0.255 e. The van der Waals surface area contributed by atoms with Gasteiger partial charge in [0.05, 0.1) is 11.9 Å². The van der Waals surface area contributed by atoms with Crippen molar-refractivity contribution in [3.63, 3.8) is 0 Å². The molecule has 0 spiro atoms. The third-order valence-electron chi connectivity index (χ3n) is 0.809. The average molecular weight is 157 g/mol. The normalized spacial score (nSPS) is 9.70. The highest BCUT2D eigenvalue weighted by atomic mass is 32.2. The van der Waals surface area contributed by atoms with Crippen molar-refractivity contribution in [3.8, 4) is 0 Å². The molecule has 0 bridgehead atoms. The lowest BCUT2D eigenvalue weighted by atomic mass is 10.5. The van der Waals surface area contributed by atoms with E-state index in [1.54, 1.807) is 6.20 Å². The molecule has 0 radical (unpaired) electrons. The lowest BCUT2D eigenvalue weighted by molar-refractivity contribution is -0.114. The number of carbonyl (C=O) groups is 1. The van der Waals surface area contributed by atoms with Crippen LogP contribution in [0.3, 0.4) is 0 Å². The number of carbonyl (C=O) groups excluding carboxylic acids is 1. The summed E-state index contributed by atoms with van der Waals surface area (Å²) in [7, 11) is 0. The third kappa shape index (κ3) is 2.23. The molecule has 0 aliphatic heterocycles. The van der Waals surface area contributed by atoms with Crippen molar-refractivity contribution >= 4 is 17.5 Å². The fourth-order valence-corrected chi connectivity index (χ4v) is 1.03. The van der Waals surface area contributed by atoms with E-state index in [1.807, 2.05) is 0 Å². The average Bonchev–Trinajstić information content (AvgIpc) is 2.34. The Hall–Kier alpha value is -0.770. The highest BCUT2D eigenvalue weighted by Gasteiger charge is 1.99. The second-order valence-corrected chi connectivity index (χ2v) is 2.72. The van der Waals surface area contributed by atoms with Gasteiger partial charge in [-0.2, -0.15) is 0 Å². The first-order valence-electron chi connectivity index (χ1n) is 2.81. The highest BCUT2D eigenvalue weighted by Crippen LogP contribution is 2.13. The van der Waals surface area contributed by atoms with Crippen molar-refractivity contribution in [2.24, 2.45) is 0 Å². The van der Waals surface area contributed by atoms with Gasteiger partial charge in [-0.1, -0.05) is 11.8 Å². The summed E-state index contributed by atoms with van der Waals surface area (Å²) >= 11 is 1.31. The largest absolute Gasteiger partial charge is 0.440 e. The van der Waals surface area contributed by atoms with E-state index >= 15 is 0 Å². The summed E-state index contributed by atoms with van der Waals surface area (Å²) in [5, 5.41) is 0.551. The molecular formula is C6H7NO2S. The molecule has 0 saturated heterocycles. The molecular weight excluding hydrogens is 150 g/mol. The molecule has 0 fully saturated rings. The number of Topliss-reactive ketones (excluding diaryl/α,β-unsaturated/α-hetero) is 1. The Morgan fingerprint density at radius 3 is 3.20 bits per heavy atom. The molecule has 0 aliphatic carbocycles. The van der Waals surface area contributed by atoms with Crippen LogP contribution in [0.15, 0.2) is 22.1 Å².